The molecule has 3 heterocycles. The van der Waals surface area contributed by atoms with Crippen LogP contribution >= 0.6 is 0 Å². The third-order valence-electron chi connectivity index (χ3n) is 5.54. The minimum Gasteiger partial charge on any atom is -0.368 e. The molecule has 2 aliphatic heterocycles. The number of carbonyl (C=O) groups excluding carboxylic acids is 1. The third kappa shape index (κ3) is 4.04. The van der Waals surface area contributed by atoms with E-state index < -0.39 is 0 Å². The summed E-state index contributed by atoms with van der Waals surface area (Å²) in [6, 6.07) is 12.4. The topological polar surface area (TPSA) is 52.6 Å². The Morgan fingerprint density at radius 3 is 2.48 bits per heavy atom. The standard InChI is InChI=1S/C21H27N5O/c1-17-6-5-9-26(15-17)21(27)19-14-20(23-16-22-19)25-12-10-24(11-13-25)18-7-3-2-4-8-18/h2-4,7-8,14,16-17H,5-6,9-13,15H2,1H3. The molecular formula is C21H27N5O. The van der Waals surface area contributed by atoms with Crippen LogP contribution in [0.4, 0.5) is 11.5 Å². The lowest BCUT2D eigenvalue weighted by Gasteiger charge is -2.36. The summed E-state index contributed by atoms with van der Waals surface area (Å²) >= 11 is 0. The van der Waals surface area contributed by atoms with Crippen LogP contribution in [-0.2, 0) is 0 Å². The molecule has 2 aromatic rings. The van der Waals surface area contributed by atoms with Gasteiger partial charge in [0.25, 0.3) is 5.91 Å². The van der Waals surface area contributed by atoms with Crippen molar-refractivity contribution < 1.29 is 4.79 Å². The molecule has 0 spiro atoms. The summed E-state index contributed by atoms with van der Waals surface area (Å²) in [7, 11) is 0. The van der Waals surface area contributed by atoms with Crippen molar-refractivity contribution in [2.45, 2.75) is 19.8 Å². The first-order valence-electron chi connectivity index (χ1n) is 9.87. The van der Waals surface area contributed by atoms with Crippen molar-refractivity contribution in [3.8, 4) is 0 Å². The Bertz CT molecular complexity index is 773. The number of para-hydroxylation sites is 1. The van der Waals surface area contributed by atoms with Crippen LogP contribution in [0.1, 0.15) is 30.3 Å². The minimum absolute atomic E-state index is 0.0353. The Balaban J connectivity index is 1.42. The largest absolute Gasteiger partial charge is 0.368 e. The van der Waals surface area contributed by atoms with E-state index in [1.54, 1.807) is 0 Å². The van der Waals surface area contributed by atoms with Crippen LogP contribution in [0.15, 0.2) is 42.7 Å². The number of rotatable bonds is 3. The van der Waals surface area contributed by atoms with Crippen molar-refractivity contribution in [2.24, 2.45) is 5.92 Å². The molecule has 2 aliphatic rings. The fraction of sp³-hybridized carbons (Fsp3) is 0.476. The first-order chi connectivity index (χ1) is 13.2. The molecule has 6 heteroatoms. The second-order valence-corrected chi connectivity index (χ2v) is 7.57. The van der Waals surface area contributed by atoms with E-state index in [-0.39, 0.29) is 5.91 Å². The zero-order valence-electron chi connectivity index (χ0n) is 15.9. The number of carbonyl (C=O) groups is 1. The van der Waals surface area contributed by atoms with Gasteiger partial charge in [-0.05, 0) is 30.9 Å². The summed E-state index contributed by atoms with van der Waals surface area (Å²) in [5, 5.41) is 0. The summed E-state index contributed by atoms with van der Waals surface area (Å²) in [6.45, 7) is 7.53. The number of hydrogen-bond acceptors (Lipinski definition) is 5. The van der Waals surface area contributed by atoms with Crippen molar-refractivity contribution >= 4 is 17.4 Å². The van der Waals surface area contributed by atoms with E-state index in [1.165, 1.54) is 18.4 Å². The normalized spacial score (nSPS) is 20.6. The molecule has 4 rings (SSSR count). The van der Waals surface area contributed by atoms with Gasteiger partial charge in [0.15, 0.2) is 0 Å². The maximum atomic E-state index is 12.8. The maximum Gasteiger partial charge on any atom is 0.272 e. The van der Waals surface area contributed by atoms with Crippen molar-refractivity contribution in [3.05, 3.63) is 48.4 Å². The Kier molecular flexibility index (Phi) is 5.23. The van der Waals surface area contributed by atoms with Gasteiger partial charge < -0.3 is 14.7 Å². The average Bonchev–Trinajstić information content (AvgIpc) is 2.74. The van der Waals surface area contributed by atoms with E-state index in [0.717, 1.165) is 51.5 Å². The van der Waals surface area contributed by atoms with Gasteiger partial charge in [-0.25, -0.2) is 9.97 Å². The molecule has 1 atom stereocenters. The van der Waals surface area contributed by atoms with Gasteiger partial charge in [-0.3, -0.25) is 4.79 Å². The molecule has 1 unspecified atom stereocenters. The highest BCUT2D eigenvalue weighted by molar-refractivity contribution is 5.93. The highest BCUT2D eigenvalue weighted by Crippen LogP contribution is 2.21. The highest BCUT2D eigenvalue weighted by atomic mass is 16.2. The number of likely N-dealkylation sites (tertiary alicyclic amines) is 1. The summed E-state index contributed by atoms with van der Waals surface area (Å²) < 4.78 is 0. The third-order valence-corrected chi connectivity index (χ3v) is 5.54. The van der Waals surface area contributed by atoms with Gasteiger partial charge in [-0.1, -0.05) is 25.1 Å². The zero-order valence-corrected chi connectivity index (χ0v) is 15.9. The number of nitrogens with zero attached hydrogens (tertiary/aromatic N) is 5. The number of amides is 1. The van der Waals surface area contributed by atoms with Crippen molar-refractivity contribution in [3.63, 3.8) is 0 Å². The summed E-state index contributed by atoms with van der Waals surface area (Å²) in [5.41, 5.74) is 1.77. The van der Waals surface area contributed by atoms with Gasteiger partial charge in [0.2, 0.25) is 0 Å². The van der Waals surface area contributed by atoms with Gasteiger partial charge in [-0.2, -0.15) is 0 Å². The number of aromatic nitrogens is 2. The van der Waals surface area contributed by atoms with Crippen LogP contribution in [0.5, 0.6) is 0 Å². The lowest BCUT2D eigenvalue weighted by molar-refractivity contribution is 0.0677. The number of benzene rings is 1. The van der Waals surface area contributed by atoms with E-state index in [9.17, 15) is 4.79 Å². The molecule has 27 heavy (non-hydrogen) atoms. The van der Waals surface area contributed by atoms with Crippen LogP contribution in [-0.4, -0.2) is 60.0 Å². The Labute approximate surface area is 160 Å². The molecule has 0 aliphatic carbocycles. The van der Waals surface area contributed by atoms with E-state index in [1.807, 2.05) is 17.0 Å². The van der Waals surface area contributed by atoms with E-state index in [4.69, 9.17) is 0 Å². The second-order valence-electron chi connectivity index (χ2n) is 7.57. The lowest BCUT2D eigenvalue weighted by Crippen LogP contribution is -2.47. The predicted octanol–water partition coefficient (Wildman–Crippen LogP) is 2.68. The molecule has 0 N–H and O–H groups in total. The Morgan fingerprint density at radius 2 is 1.74 bits per heavy atom. The Morgan fingerprint density at radius 1 is 1.00 bits per heavy atom. The van der Waals surface area contributed by atoms with Gasteiger partial charge >= 0.3 is 0 Å². The predicted molar refractivity (Wildman–Crippen MR) is 107 cm³/mol. The molecule has 142 valence electrons. The van der Waals surface area contributed by atoms with Gasteiger partial charge in [0.1, 0.15) is 17.8 Å². The SMILES string of the molecule is CC1CCCN(C(=O)c2cc(N3CCN(c4ccccc4)CC3)ncn2)C1. The number of hydrogen-bond donors (Lipinski definition) is 0. The van der Waals surface area contributed by atoms with Crippen molar-refractivity contribution in [1.29, 1.82) is 0 Å². The summed E-state index contributed by atoms with van der Waals surface area (Å²) in [6.07, 6.45) is 3.80. The minimum atomic E-state index is 0.0353. The van der Waals surface area contributed by atoms with Crippen LogP contribution in [0, 0.1) is 5.92 Å². The molecule has 1 amide bonds. The zero-order chi connectivity index (χ0) is 18.6. The molecule has 0 radical (unpaired) electrons. The molecule has 0 bridgehead atoms. The number of piperazine rings is 1. The van der Waals surface area contributed by atoms with Crippen LogP contribution < -0.4 is 9.80 Å². The first-order valence-corrected chi connectivity index (χ1v) is 9.87. The number of piperidine rings is 1. The van der Waals surface area contributed by atoms with Gasteiger partial charge in [0, 0.05) is 51.0 Å². The monoisotopic (exact) mass is 365 g/mol. The second kappa shape index (κ2) is 7.94. The molecular weight excluding hydrogens is 338 g/mol. The average molecular weight is 365 g/mol. The van der Waals surface area contributed by atoms with E-state index in [0.29, 0.717) is 11.6 Å². The fourth-order valence-electron chi connectivity index (χ4n) is 4.01. The maximum absolute atomic E-state index is 12.8. The molecule has 1 aromatic carbocycles. The summed E-state index contributed by atoms with van der Waals surface area (Å²) in [4.78, 5) is 28.1. The van der Waals surface area contributed by atoms with E-state index >= 15 is 0 Å². The molecule has 2 fully saturated rings. The number of anilines is 2. The fourth-order valence-corrected chi connectivity index (χ4v) is 4.01. The molecule has 1 aromatic heterocycles. The molecule has 2 saturated heterocycles. The lowest BCUT2D eigenvalue weighted by atomic mass is 10.00. The van der Waals surface area contributed by atoms with Crippen molar-refractivity contribution in [2.75, 3.05) is 49.1 Å². The molecule has 6 nitrogen and oxygen atoms in total. The summed E-state index contributed by atoms with van der Waals surface area (Å²) in [5.74, 6) is 1.45. The van der Waals surface area contributed by atoms with Gasteiger partial charge in [0.05, 0.1) is 0 Å². The smallest absolute Gasteiger partial charge is 0.272 e. The van der Waals surface area contributed by atoms with E-state index in [2.05, 4.69) is 51.0 Å². The quantitative estimate of drug-likeness (QED) is 0.837. The van der Waals surface area contributed by atoms with Crippen LogP contribution in [0.2, 0.25) is 0 Å². The van der Waals surface area contributed by atoms with Crippen molar-refractivity contribution in [1.82, 2.24) is 14.9 Å². The van der Waals surface area contributed by atoms with Gasteiger partial charge in [-0.15, -0.1) is 0 Å². The highest BCUT2D eigenvalue weighted by Gasteiger charge is 2.24. The van der Waals surface area contributed by atoms with Crippen LogP contribution in [0.3, 0.4) is 0 Å². The Hall–Kier alpha value is -2.63. The first kappa shape index (κ1) is 17.8. The van der Waals surface area contributed by atoms with Crippen LogP contribution in [0.25, 0.3) is 0 Å². The molecule has 0 saturated carbocycles.